The van der Waals surface area contributed by atoms with Gasteiger partial charge in [0.15, 0.2) is 0 Å². The fourth-order valence-electron chi connectivity index (χ4n) is 7.40. The summed E-state index contributed by atoms with van der Waals surface area (Å²) >= 11 is 0. The highest BCUT2D eigenvalue weighted by molar-refractivity contribution is 6.10. The molecule has 0 amide bonds. The maximum absolute atomic E-state index is 9.84. The van der Waals surface area contributed by atoms with Crippen molar-refractivity contribution < 1.29 is 0 Å². The third-order valence-electron chi connectivity index (χ3n) is 9.68. The Hall–Kier alpha value is -6.88. The van der Waals surface area contributed by atoms with Crippen molar-refractivity contribution in [2.45, 2.75) is 6.54 Å². The first-order chi connectivity index (χ1) is 24.2. The molecule has 0 radical (unpaired) electrons. The summed E-state index contributed by atoms with van der Waals surface area (Å²) in [5, 5.41) is 24.3. The van der Waals surface area contributed by atoms with E-state index in [1.54, 1.807) is 0 Å². The molecule has 0 spiro atoms. The standard InChI is InChI=1S/C45H28N4/c46-27-30-16-22-37(35(24-30)29-48-42-13-4-1-10-38(42)41-23-17-31(28-47)25-45(41)48)33-20-18-32(19-21-33)34-8-7-9-36(26-34)49-43-14-5-2-11-39(43)40-12-3-6-15-44(40)49/h1-26H,29H2. The van der Waals surface area contributed by atoms with Gasteiger partial charge in [-0.3, -0.25) is 0 Å². The molecular weight excluding hydrogens is 597 g/mol. The van der Waals surface area contributed by atoms with Crippen LogP contribution in [0.5, 0.6) is 0 Å². The molecule has 0 aliphatic heterocycles. The highest BCUT2D eigenvalue weighted by Gasteiger charge is 2.16. The van der Waals surface area contributed by atoms with Crippen molar-refractivity contribution in [1.29, 1.82) is 10.5 Å². The molecule has 228 valence electrons. The predicted octanol–water partition coefficient (Wildman–Crippen LogP) is 11.0. The zero-order valence-corrected chi connectivity index (χ0v) is 26.5. The van der Waals surface area contributed by atoms with Gasteiger partial charge in [-0.25, -0.2) is 0 Å². The predicted molar refractivity (Wildman–Crippen MR) is 200 cm³/mol. The van der Waals surface area contributed by atoms with E-state index in [2.05, 4.69) is 137 Å². The SMILES string of the molecule is N#Cc1ccc(-c2ccc(-c3cccc(-n4c5ccccc5c5ccccc54)c3)cc2)c(Cn2c3ccccc3c3ccc(C#N)cc32)c1. The highest BCUT2D eigenvalue weighted by Crippen LogP contribution is 2.36. The first-order valence-electron chi connectivity index (χ1n) is 16.3. The minimum atomic E-state index is 0.562. The number of hydrogen-bond donors (Lipinski definition) is 0. The molecule has 2 aromatic heterocycles. The maximum Gasteiger partial charge on any atom is 0.0992 e. The van der Waals surface area contributed by atoms with E-state index in [0.717, 1.165) is 55.3 Å². The number of hydrogen-bond acceptors (Lipinski definition) is 2. The summed E-state index contributed by atoms with van der Waals surface area (Å²) < 4.78 is 4.61. The van der Waals surface area contributed by atoms with Crippen molar-refractivity contribution >= 4 is 43.6 Å². The Kier molecular flexibility index (Phi) is 6.61. The fraction of sp³-hybridized carbons (Fsp3) is 0.0222. The Morgan fingerprint density at radius 2 is 1.00 bits per heavy atom. The van der Waals surface area contributed by atoms with E-state index in [1.807, 2.05) is 42.5 Å². The van der Waals surface area contributed by atoms with Crippen molar-refractivity contribution in [3.63, 3.8) is 0 Å². The molecule has 9 rings (SSSR count). The van der Waals surface area contributed by atoms with Crippen LogP contribution in [0.15, 0.2) is 158 Å². The van der Waals surface area contributed by atoms with Crippen molar-refractivity contribution in [2.24, 2.45) is 0 Å². The summed E-state index contributed by atoms with van der Waals surface area (Å²) in [6.45, 7) is 0.562. The largest absolute Gasteiger partial charge is 0.336 e. The molecule has 0 atom stereocenters. The maximum atomic E-state index is 9.84. The molecule has 49 heavy (non-hydrogen) atoms. The molecule has 7 aromatic carbocycles. The third-order valence-corrected chi connectivity index (χ3v) is 9.68. The minimum Gasteiger partial charge on any atom is -0.336 e. The average Bonchev–Trinajstić information content (AvgIpc) is 3.67. The quantitative estimate of drug-likeness (QED) is 0.191. The van der Waals surface area contributed by atoms with Gasteiger partial charge in [0.1, 0.15) is 0 Å². The van der Waals surface area contributed by atoms with Gasteiger partial charge in [-0.2, -0.15) is 10.5 Å². The van der Waals surface area contributed by atoms with Gasteiger partial charge in [0.25, 0.3) is 0 Å². The van der Waals surface area contributed by atoms with E-state index in [9.17, 15) is 10.5 Å². The van der Waals surface area contributed by atoms with Crippen LogP contribution in [0.3, 0.4) is 0 Å². The third kappa shape index (κ3) is 4.67. The Morgan fingerprint density at radius 1 is 0.429 bits per heavy atom. The summed E-state index contributed by atoms with van der Waals surface area (Å²) in [5.41, 5.74) is 12.3. The molecule has 0 saturated heterocycles. The normalized spacial score (nSPS) is 11.3. The van der Waals surface area contributed by atoms with E-state index in [1.165, 1.54) is 21.8 Å². The van der Waals surface area contributed by atoms with Gasteiger partial charge < -0.3 is 9.13 Å². The van der Waals surface area contributed by atoms with Gasteiger partial charge in [-0.1, -0.05) is 103 Å². The van der Waals surface area contributed by atoms with E-state index in [-0.39, 0.29) is 0 Å². The second-order valence-corrected chi connectivity index (χ2v) is 12.4. The van der Waals surface area contributed by atoms with E-state index < -0.39 is 0 Å². The summed E-state index contributed by atoms with van der Waals surface area (Å²) in [4.78, 5) is 0. The molecule has 0 aliphatic carbocycles. The summed E-state index contributed by atoms with van der Waals surface area (Å²) in [6.07, 6.45) is 0. The molecule has 0 N–H and O–H groups in total. The van der Waals surface area contributed by atoms with Crippen molar-refractivity contribution in [3.05, 3.63) is 174 Å². The number of nitrogens with zero attached hydrogens (tertiary/aromatic N) is 4. The van der Waals surface area contributed by atoms with Gasteiger partial charge in [0, 0.05) is 39.3 Å². The van der Waals surface area contributed by atoms with Gasteiger partial charge in [-0.05, 0) is 82.4 Å². The van der Waals surface area contributed by atoms with Gasteiger partial charge >= 0.3 is 0 Å². The van der Waals surface area contributed by atoms with Crippen LogP contribution in [-0.2, 0) is 6.54 Å². The molecular formula is C45H28N4. The molecule has 2 heterocycles. The molecule has 0 fully saturated rings. The monoisotopic (exact) mass is 624 g/mol. The van der Waals surface area contributed by atoms with Crippen LogP contribution in [0.2, 0.25) is 0 Å². The van der Waals surface area contributed by atoms with Crippen LogP contribution in [0, 0.1) is 22.7 Å². The number of fused-ring (bicyclic) bond motifs is 6. The number of aromatic nitrogens is 2. The number of nitriles is 2. The number of para-hydroxylation sites is 3. The highest BCUT2D eigenvalue weighted by atomic mass is 15.0. The molecule has 9 aromatic rings. The van der Waals surface area contributed by atoms with Crippen LogP contribution in [0.25, 0.3) is 71.6 Å². The summed E-state index contributed by atoms with van der Waals surface area (Å²) in [6, 6.07) is 59.4. The molecule has 0 bridgehead atoms. The van der Waals surface area contributed by atoms with Crippen LogP contribution >= 0.6 is 0 Å². The van der Waals surface area contributed by atoms with Crippen LogP contribution in [0.4, 0.5) is 0 Å². The van der Waals surface area contributed by atoms with Crippen molar-refractivity contribution in [2.75, 3.05) is 0 Å². The molecule has 0 aliphatic rings. The van der Waals surface area contributed by atoms with Crippen molar-refractivity contribution in [3.8, 4) is 40.1 Å². The Labute approximate surface area is 283 Å². The van der Waals surface area contributed by atoms with Crippen LogP contribution in [-0.4, -0.2) is 9.13 Å². The Bertz CT molecular complexity index is 2770. The van der Waals surface area contributed by atoms with Gasteiger partial charge in [0.05, 0.1) is 39.8 Å². The molecule has 4 heteroatoms. The number of rotatable bonds is 5. The first kappa shape index (κ1) is 28.4. The molecule has 4 nitrogen and oxygen atoms in total. The second-order valence-electron chi connectivity index (χ2n) is 12.4. The topological polar surface area (TPSA) is 57.4 Å². The van der Waals surface area contributed by atoms with Crippen LogP contribution in [0.1, 0.15) is 16.7 Å². The van der Waals surface area contributed by atoms with Gasteiger partial charge in [0.2, 0.25) is 0 Å². The van der Waals surface area contributed by atoms with E-state index in [0.29, 0.717) is 17.7 Å². The Morgan fingerprint density at radius 3 is 1.69 bits per heavy atom. The smallest absolute Gasteiger partial charge is 0.0992 e. The lowest BCUT2D eigenvalue weighted by molar-refractivity contribution is 0.870. The van der Waals surface area contributed by atoms with E-state index in [4.69, 9.17) is 0 Å². The Balaban J connectivity index is 1.12. The molecule has 0 saturated carbocycles. The zero-order chi connectivity index (χ0) is 32.9. The van der Waals surface area contributed by atoms with E-state index >= 15 is 0 Å². The number of benzene rings is 7. The van der Waals surface area contributed by atoms with Gasteiger partial charge in [-0.15, -0.1) is 0 Å². The van der Waals surface area contributed by atoms with Crippen molar-refractivity contribution in [1.82, 2.24) is 9.13 Å². The summed E-state index contributed by atoms with van der Waals surface area (Å²) in [5.74, 6) is 0. The molecule has 0 unspecified atom stereocenters. The first-order valence-corrected chi connectivity index (χ1v) is 16.3. The lowest BCUT2D eigenvalue weighted by Crippen LogP contribution is -2.02. The van der Waals surface area contributed by atoms with Crippen LogP contribution < -0.4 is 0 Å². The lowest BCUT2D eigenvalue weighted by Gasteiger charge is -2.15. The minimum absolute atomic E-state index is 0.562. The fourth-order valence-corrected chi connectivity index (χ4v) is 7.40. The average molecular weight is 625 g/mol. The zero-order valence-electron chi connectivity index (χ0n) is 26.5. The lowest BCUT2D eigenvalue weighted by atomic mass is 9.95. The summed E-state index contributed by atoms with van der Waals surface area (Å²) in [7, 11) is 0. The second kappa shape index (κ2) is 11.4.